The lowest BCUT2D eigenvalue weighted by atomic mass is 10.1. The molecule has 3 heterocycles. The van der Waals surface area contributed by atoms with Crippen LogP contribution in [-0.2, 0) is 14.3 Å². The number of piperazine rings is 1. The highest BCUT2D eigenvalue weighted by molar-refractivity contribution is 5.99. The van der Waals surface area contributed by atoms with Gasteiger partial charge >= 0.3 is 6.09 Å². The maximum absolute atomic E-state index is 13.1. The minimum absolute atomic E-state index is 0.178. The molecule has 2 fully saturated rings. The van der Waals surface area contributed by atoms with E-state index in [4.69, 9.17) is 10.5 Å². The van der Waals surface area contributed by atoms with Crippen molar-refractivity contribution in [3.05, 3.63) is 34.7 Å². The summed E-state index contributed by atoms with van der Waals surface area (Å²) < 4.78 is 5.96. The number of carbonyl (C=O) groups is 3. The largest absolute Gasteiger partial charge is 0.448 e. The normalized spacial score (nSPS) is 20.0. The van der Waals surface area contributed by atoms with E-state index in [-0.39, 0.29) is 30.9 Å². The number of anilines is 1. The minimum atomic E-state index is -0.788. The number of ether oxygens (including phenoxy) is 1. The van der Waals surface area contributed by atoms with E-state index in [2.05, 4.69) is 20.2 Å². The Hall–Kier alpha value is -3.47. The van der Waals surface area contributed by atoms with Crippen LogP contribution in [0.25, 0.3) is 10.8 Å². The minimum Gasteiger partial charge on any atom is -0.448 e. The Bertz CT molecular complexity index is 1080. The molecule has 2 aliphatic rings. The SMILES string of the molecule is NC(=O)OCCN1CCN(c2ccc3cnn(C4CCC(=O)NC4=O)c(=O)c3c2)CC1. The fourth-order valence-electron chi connectivity index (χ4n) is 3.98. The number of hydrogen-bond acceptors (Lipinski definition) is 8. The maximum atomic E-state index is 13.1. The lowest BCUT2D eigenvalue weighted by Crippen LogP contribution is -2.47. The van der Waals surface area contributed by atoms with Gasteiger partial charge in [-0.2, -0.15) is 5.10 Å². The standard InChI is InChI=1S/C20H24N6O5/c21-20(30)31-10-9-24-5-7-25(8-6-24)14-2-1-13-12-22-26(19(29)15(13)11-14)16-3-4-17(27)23-18(16)28/h1-2,11-12,16H,3-10H2,(H2,21,30)(H,23,27,28). The molecular formula is C20H24N6O5. The highest BCUT2D eigenvalue weighted by Crippen LogP contribution is 2.22. The van der Waals surface area contributed by atoms with Gasteiger partial charge in [-0.3, -0.25) is 24.6 Å². The van der Waals surface area contributed by atoms with Gasteiger partial charge in [-0.05, 0) is 18.6 Å². The van der Waals surface area contributed by atoms with E-state index < -0.39 is 18.0 Å². The lowest BCUT2D eigenvalue weighted by molar-refractivity contribution is -0.136. The van der Waals surface area contributed by atoms with Crippen molar-refractivity contribution in [1.82, 2.24) is 20.0 Å². The number of imide groups is 1. The molecule has 0 saturated carbocycles. The molecule has 2 saturated heterocycles. The number of benzene rings is 1. The van der Waals surface area contributed by atoms with Gasteiger partial charge in [0.25, 0.3) is 11.5 Å². The highest BCUT2D eigenvalue weighted by Gasteiger charge is 2.30. The van der Waals surface area contributed by atoms with Gasteiger partial charge in [-0.15, -0.1) is 0 Å². The molecule has 1 atom stereocenters. The first-order chi connectivity index (χ1) is 14.9. The fraction of sp³-hybridized carbons (Fsp3) is 0.450. The van der Waals surface area contributed by atoms with E-state index >= 15 is 0 Å². The van der Waals surface area contributed by atoms with Crippen LogP contribution in [0.5, 0.6) is 0 Å². The third kappa shape index (κ3) is 4.50. The summed E-state index contributed by atoms with van der Waals surface area (Å²) in [6.07, 6.45) is 1.23. The van der Waals surface area contributed by atoms with Crippen molar-refractivity contribution in [2.45, 2.75) is 18.9 Å². The van der Waals surface area contributed by atoms with E-state index in [0.717, 1.165) is 31.9 Å². The molecule has 1 aromatic heterocycles. The third-order valence-electron chi connectivity index (χ3n) is 5.69. The van der Waals surface area contributed by atoms with Gasteiger partial charge in [0.15, 0.2) is 0 Å². The van der Waals surface area contributed by atoms with Gasteiger partial charge in [0, 0.05) is 50.2 Å². The van der Waals surface area contributed by atoms with Crippen LogP contribution >= 0.6 is 0 Å². The molecule has 2 aromatic rings. The summed E-state index contributed by atoms with van der Waals surface area (Å²) in [5.74, 6) is -0.838. The number of hydrogen-bond donors (Lipinski definition) is 2. The van der Waals surface area contributed by atoms with Crippen molar-refractivity contribution in [2.75, 3.05) is 44.2 Å². The zero-order valence-corrected chi connectivity index (χ0v) is 17.0. The van der Waals surface area contributed by atoms with Crippen molar-refractivity contribution in [2.24, 2.45) is 5.73 Å². The molecule has 0 bridgehead atoms. The fourth-order valence-corrected chi connectivity index (χ4v) is 3.98. The maximum Gasteiger partial charge on any atom is 0.404 e. The lowest BCUT2D eigenvalue weighted by Gasteiger charge is -2.36. The van der Waals surface area contributed by atoms with Crippen LogP contribution in [0.15, 0.2) is 29.2 Å². The molecular weight excluding hydrogens is 404 g/mol. The molecule has 4 rings (SSSR count). The first-order valence-electron chi connectivity index (χ1n) is 10.2. The van der Waals surface area contributed by atoms with E-state index in [9.17, 15) is 19.2 Å². The van der Waals surface area contributed by atoms with E-state index in [1.807, 2.05) is 18.2 Å². The average molecular weight is 428 g/mol. The smallest absolute Gasteiger partial charge is 0.404 e. The van der Waals surface area contributed by atoms with E-state index in [1.54, 1.807) is 6.20 Å². The second kappa shape index (κ2) is 8.72. The Labute approximate surface area is 177 Å². The number of primary amides is 1. The van der Waals surface area contributed by atoms with Crippen molar-refractivity contribution < 1.29 is 19.1 Å². The monoisotopic (exact) mass is 428 g/mol. The summed E-state index contributed by atoms with van der Waals surface area (Å²) in [5, 5.41) is 7.61. The van der Waals surface area contributed by atoms with Crippen LogP contribution in [0.2, 0.25) is 0 Å². The first-order valence-corrected chi connectivity index (χ1v) is 10.2. The molecule has 3 amide bonds. The number of rotatable bonds is 5. The van der Waals surface area contributed by atoms with Gasteiger partial charge < -0.3 is 15.4 Å². The first kappa shape index (κ1) is 20.8. The predicted octanol–water partition coefficient (Wildman–Crippen LogP) is -0.408. The summed E-state index contributed by atoms with van der Waals surface area (Å²) in [4.78, 5) is 51.7. The van der Waals surface area contributed by atoms with Crippen LogP contribution < -0.4 is 21.5 Å². The van der Waals surface area contributed by atoms with Crippen molar-refractivity contribution in [3.8, 4) is 0 Å². The average Bonchev–Trinajstić information content (AvgIpc) is 2.75. The molecule has 11 heteroatoms. The van der Waals surface area contributed by atoms with Crippen molar-refractivity contribution >= 4 is 34.4 Å². The Balaban J connectivity index is 1.50. The molecule has 31 heavy (non-hydrogen) atoms. The van der Waals surface area contributed by atoms with Gasteiger partial charge in [-0.1, -0.05) is 6.07 Å². The van der Waals surface area contributed by atoms with Crippen molar-refractivity contribution in [3.63, 3.8) is 0 Å². The summed E-state index contributed by atoms with van der Waals surface area (Å²) in [5.41, 5.74) is 5.54. The molecule has 1 unspecified atom stereocenters. The van der Waals surface area contributed by atoms with Gasteiger partial charge in [0.1, 0.15) is 12.6 Å². The molecule has 0 spiro atoms. The number of amides is 3. The molecule has 1 aromatic carbocycles. The number of fused-ring (bicyclic) bond motifs is 1. The number of piperidine rings is 1. The predicted molar refractivity (Wildman–Crippen MR) is 112 cm³/mol. The molecule has 2 aliphatic heterocycles. The summed E-state index contributed by atoms with van der Waals surface area (Å²) in [7, 11) is 0. The molecule has 11 nitrogen and oxygen atoms in total. The third-order valence-corrected chi connectivity index (χ3v) is 5.69. The van der Waals surface area contributed by atoms with Gasteiger partial charge in [-0.25, -0.2) is 9.48 Å². The summed E-state index contributed by atoms with van der Waals surface area (Å²) in [6, 6.07) is 4.84. The van der Waals surface area contributed by atoms with Gasteiger partial charge in [0.05, 0.1) is 11.6 Å². The zero-order chi connectivity index (χ0) is 22.0. The summed E-state index contributed by atoms with van der Waals surface area (Å²) >= 11 is 0. The molecule has 0 radical (unpaired) electrons. The zero-order valence-electron chi connectivity index (χ0n) is 17.0. The van der Waals surface area contributed by atoms with E-state index in [0.29, 0.717) is 17.3 Å². The Morgan fingerprint density at radius 3 is 2.68 bits per heavy atom. The summed E-state index contributed by atoms with van der Waals surface area (Å²) in [6.45, 7) is 3.98. The number of nitrogens with one attached hydrogen (secondary N) is 1. The Morgan fingerprint density at radius 2 is 1.97 bits per heavy atom. The molecule has 164 valence electrons. The second-order valence-electron chi connectivity index (χ2n) is 7.63. The van der Waals surface area contributed by atoms with E-state index in [1.165, 1.54) is 4.68 Å². The topological polar surface area (TPSA) is 140 Å². The van der Waals surface area contributed by atoms with Gasteiger partial charge in [0.2, 0.25) is 5.91 Å². The molecule has 0 aliphatic carbocycles. The highest BCUT2D eigenvalue weighted by atomic mass is 16.5. The van der Waals surface area contributed by atoms with Crippen LogP contribution in [-0.4, -0.2) is 71.9 Å². The molecule has 3 N–H and O–H groups in total. The Kier molecular flexibility index (Phi) is 5.85. The van der Waals surface area contributed by atoms with Crippen LogP contribution in [0.3, 0.4) is 0 Å². The number of nitrogens with two attached hydrogens (primary N) is 1. The quantitative estimate of drug-likeness (QED) is 0.613. The van der Waals surface area contributed by atoms with Crippen LogP contribution in [0.4, 0.5) is 10.5 Å². The van der Waals surface area contributed by atoms with Crippen LogP contribution in [0, 0.1) is 0 Å². The van der Waals surface area contributed by atoms with Crippen LogP contribution in [0.1, 0.15) is 18.9 Å². The van der Waals surface area contributed by atoms with Crippen molar-refractivity contribution in [1.29, 1.82) is 0 Å². The number of carbonyl (C=O) groups excluding carboxylic acids is 3. The number of aromatic nitrogens is 2. The Morgan fingerprint density at radius 1 is 1.19 bits per heavy atom. The number of nitrogens with zero attached hydrogens (tertiary/aromatic N) is 4. The second-order valence-corrected chi connectivity index (χ2v) is 7.63.